The number of nitrogens with zero attached hydrogens (tertiary/aromatic N) is 6. The lowest BCUT2D eigenvalue weighted by Gasteiger charge is -2.20. The Hall–Kier alpha value is -9.20. The summed E-state index contributed by atoms with van der Waals surface area (Å²) in [4.78, 5) is 5.01. The van der Waals surface area contributed by atoms with Gasteiger partial charge in [0, 0.05) is 50.3 Å². The molecule has 0 bridgehead atoms. The van der Waals surface area contributed by atoms with Gasteiger partial charge >= 0.3 is 0 Å². The molecule has 7 nitrogen and oxygen atoms in total. The van der Waals surface area contributed by atoms with Gasteiger partial charge in [0.05, 0.1) is 61.2 Å². The highest BCUT2D eigenvalue weighted by atomic mass is 16.5. The monoisotopic (exact) mass is 914 g/mol. The van der Waals surface area contributed by atoms with Gasteiger partial charge < -0.3 is 13.9 Å². The molecule has 0 saturated carbocycles. The molecule has 0 aliphatic carbocycles. The van der Waals surface area contributed by atoms with Gasteiger partial charge in [0.2, 0.25) is 0 Å². The highest BCUT2D eigenvalue weighted by Crippen LogP contribution is 2.40. The molecule has 0 saturated heterocycles. The van der Waals surface area contributed by atoms with E-state index in [1.54, 1.807) is 0 Å². The van der Waals surface area contributed by atoms with Crippen LogP contribution in [0.25, 0.3) is 105 Å². The minimum absolute atomic E-state index is 0.0586. The number of fused-ring (bicyclic) bond motifs is 10. The van der Waals surface area contributed by atoms with E-state index in [0.29, 0.717) is 0 Å². The first-order chi connectivity index (χ1) is 34.9. The van der Waals surface area contributed by atoms with Crippen molar-refractivity contribution in [1.82, 2.24) is 23.3 Å². The zero-order valence-electron chi connectivity index (χ0n) is 39.5. The predicted molar refractivity (Wildman–Crippen MR) is 290 cm³/mol. The maximum Gasteiger partial charge on any atom is 0.269 e. The van der Waals surface area contributed by atoms with Gasteiger partial charge in [-0.05, 0) is 108 Å². The van der Waals surface area contributed by atoms with E-state index in [-0.39, 0.29) is 5.41 Å². The van der Waals surface area contributed by atoms with E-state index in [1.807, 2.05) is 12.3 Å². The van der Waals surface area contributed by atoms with Gasteiger partial charge in [0.1, 0.15) is 17.3 Å². The van der Waals surface area contributed by atoms with Crippen LogP contribution in [0.3, 0.4) is 0 Å². The molecule has 0 N–H and O–H groups in total. The van der Waals surface area contributed by atoms with E-state index in [0.717, 1.165) is 83.9 Å². The number of imidazole rings is 1. The van der Waals surface area contributed by atoms with Gasteiger partial charge in [-0.15, -0.1) is 0 Å². The normalized spacial score (nSPS) is 12.2. The fraction of sp³-hybridized carbons (Fsp3) is 0.0625. The Labute approximate surface area is 409 Å². The quantitative estimate of drug-likeness (QED) is 0.118. The average molecular weight is 915 g/mol. The third kappa shape index (κ3) is 6.43. The van der Waals surface area contributed by atoms with E-state index in [1.165, 1.54) is 38.1 Å². The molecule has 71 heavy (non-hydrogen) atoms. The molecule has 0 aliphatic heterocycles. The Morgan fingerprint density at radius 1 is 0.423 bits per heavy atom. The topological polar surface area (TPSA) is 45.7 Å². The molecule has 0 amide bonds. The lowest BCUT2D eigenvalue weighted by Crippen LogP contribution is -2.31. The Kier molecular flexibility index (Phi) is 9.01. The zero-order valence-corrected chi connectivity index (χ0v) is 39.5. The summed E-state index contributed by atoms with van der Waals surface area (Å²) in [5.74, 6) is 2.31. The number of para-hydroxylation sites is 8. The first-order valence-corrected chi connectivity index (χ1v) is 24.2. The van der Waals surface area contributed by atoms with Crippen LogP contribution in [-0.2, 0) is 5.41 Å². The lowest BCUT2D eigenvalue weighted by molar-refractivity contribution is -0.572. The van der Waals surface area contributed by atoms with Crippen molar-refractivity contribution in [3.05, 3.63) is 236 Å². The number of rotatable bonds is 7. The van der Waals surface area contributed by atoms with Crippen LogP contribution in [0.5, 0.6) is 11.5 Å². The van der Waals surface area contributed by atoms with Gasteiger partial charge in [-0.2, -0.15) is 0 Å². The molecule has 14 aromatic rings. The molecular weight excluding hydrogens is 869 g/mol. The summed E-state index contributed by atoms with van der Waals surface area (Å²) in [6.45, 7) is 6.74. The third-order valence-corrected chi connectivity index (χ3v) is 14.2. The van der Waals surface area contributed by atoms with Crippen LogP contribution < -0.4 is 9.30 Å². The number of aromatic nitrogens is 6. The zero-order chi connectivity index (χ0) is 47.4. The summed E-state index contributed by atoms with van der Waals surface area (Å²) in [5, 5.41) is 7.18. The van der Waals surface area contributed by atoms with E-state index in [9.17, 15) is 0 Å². The van der Waals surface area contributed by atoms with Crippen LogP contribution in [0.15, 0.2) is 225 Å². The van der Waals surface area contributed by atoms with Crippen LogP contribution in [0, 0.1) is 6.33 Å². The van der Waals surface area contributed by atoms with Crippen LogP contribution >= 0.6 is 0 Å². The molecular formula is C64H46N6O. The molecule has 7 heteroatoms. The fourth-order valence-electron chi connectivity index (χ4n) is 10.9. The first-order valence-electron chi connectivity index (χ1n) is 24.2. The summed E-state index contributed by atoms with van der Waals surface area (Å²) in [6.07, 6.45) is 5.71. The van der Waals surface area contributed by atoms with Crippen LogP contribution in [0.1, 0.15) is 26.3 Å². The molecule has 0 fully saturated rings. The summed E-state index contributed by atoms with van der Waals surface area (Å²) in [7, 11) is 0. The molecule has 9 aromatic carbocycles. The Morgan fingerprint density at radius 2 is 1.00 bits per heavy atom. The van der Waals surface area contributed by atoms with Gasteiger partial charge in [0.25, 0.3) is 6.33 Å². The van der Waals surface area contributed by atoms with Crippen molar-refractivity contribution in [2.75, 3.05) is 0 Å². The second-order valence-electron chi connectivity index (χ2n) is 19.5. The van der Waals surface area contributed by atoms with Crippen molar-refractivity contribution in [3.63, 3.8) is 0 Å². The second kappa shape index (κ2) is 15.7. The molecule has 14 rings (SSSR count). The summed E-state index contributed by atoms with van der Waals surface area (Å²) >= 11 is 0. The number of ether oxygens (including phenoxy) is 1. The summed E-state index contributed by atoms with van der Waals surface area (Å²) in [5.41, 5.74) is 14.1. The Bertz CT molecular complexity index is 4340. The van der Waals surface area contributed by atoms with Crippen molar-refractivity contribution in [1.29, 1.82) is 0 Å². The number of benzene rings is 9. The minimum atomic E-state index is -0.0586. The van der Waals surface area contributed by atoms with E-state index >= 15 is 0 Å². The van der Waals surface area contributed by atoms with Crippen molar-refractivity contribution in [2.45, 2.75) is 26.2 Å². The highest BCUT2D eigenvalue weighted by Gasteiger charge is 2.22. The molecule has 5 heterocycles. The van der Waals surface area contributed by atoms with Crippen LogP contribution in [0.2, 0.25) is 0 Å². The van der Waals surface area contributed by atoms with E-state index < -0.39 is 0 Å². The Morgan fingerprint density at radius 3 is 1.69 bits per heavy atom. The Balaban J connectivity index is 0.887. The molecule has 338 valence electrons. The molecule has 0 atom stereocenters. The maximum absolute atomic E-state index is 6.87. The summed E-state index contributed by atoms with van der Waals surface area (Å²) < 4.78 is 18.2. The largest absolute Gasteiger partial charge is 0.458 e. The highest BCUT2D eigenvalue weighted by molar-refractivity contribution is 6.13. The van der Waals surface area contributed by atoms with Gasteiger partial charge in [-0.3, -0.25) is 13.7 Å². The molecule has 0 unspecified atom stereocenters. The second-order valence-corrected chi connectivity index (χ2v) is 19.5. The molecule has 0 radical (unpaired) electrons. The van der Waals surface area contributed by atoms with Crippen LogP contribution in [0.4, 0.5) is 0 Å². The molecule has 0 spiro atoms. The predicted octanol–water partition coefficient (Wildman–Crippen LogP) is 15.5. The van der Waals surface area contributed by atoms with Gasteiger partial charge in [0.15, 0.2) is 0 Å². The standard InChI is InChI=1S/C64H46N6O/c1-64(2,3)42-35-36-65-63(37-42)70-57-34-31-44(68-53-23-8-4-19-47(53)48-20-5-9-24-54(48)68)39-52(57)51-33-32-46(40-62(51)70)71-45-18-16-17-43(38-45)66-41-67(59-28-13-12-27-58(59)66)60-29-14-15-30-61(60)69-55-25-10-6-21-49(55)50-22-7-11-26-56(50)69/h4-40H,1-3H3. The third-order valence-electron chi connectivity index (χ3n) is 14.2. The first kappa shape index (κ1) is 40.8. The maximum atomic E-state index is 6.87. The average Bonchev–Trinajstić information content (AvgIpc) is 4.15. The SMILES string of the molecule is CC(C)(C)c1ccnc(-n2c3ccc(-n4c5ccccc5c5ccccc54)cc3c3ccc(Oc4cccc(-n5[c-][n+](-c6ccccc6-n6c7ccccc7c7ccccc76)c6ccccc65)c4)cc32)c1. The number of pyridine rings is 1. The number of hydrogen-bond acceptors (Lipinski definition) is 2. The van der Waals surface area contributed by atoms with Crippen molar-refractivity contribution in [2.24, 2.45) is 0 Å². The van der Waals surface area contributed by atoms with E-state index in [4.69, 9.17) is 9.72 Å². The molecule has 0 aliphatic rings. The minimum Gasteiger partial charge on any atom is -0.458 e. The van der Waals surface area contributed by atoms with Crippen LogP contribution in [-0.4, -0.2) is 23.3 Å². The van der Waals surface area contributed by atoms with Crippen molar-refractivity contribution < 1.29 is 9.30 Å². The van der Waals surface area contributed by atoms with Gasteiger partial charge in [-0.1, -0.05) is 136 Å². The van der Waals surface area contributed by atoms with Crippen molar-refractivity contribution in [3.8, 4) is 40.1 Å². The summed E-state index contributed by atoms with van der Waals surface area (Å²) in [6, 6.07) is 77.6. The fourth-order valence-corrected chi connectivity index (χ4v) is 10.9. The smallest absolute Gasteiger partial charge is 0.269 e. The number of hydrogen-bond donors (Lipinski definition) is 0. The molecule has 5 aromatic heterocycles. The van der Waals surface area contributed by atoms with Gasteiger partial charge in [-0.25, -0.2) is 4.98 Å². The van der Waals surface area contributed by atoms with Crippen molar-refractivity contribution >= 4 is 76.5 Å². The van der Waals surface area contributed by atoms with E-state index in [2.05, 4.69) is 262 Å². The lowest BCUT2D eigenvalue weighted by atomic mass is 9.88.